The standard InChI is InChI=1S/C6H3BrF2INO/c7-5-4(12)2(6(8)9)1-3(10)11-5/h1,6,12H. The Morgan fingerprint density at radius 3 is 2.67 bits per heavy atom. The van der Waals surface area contributed by atoms with Gasteiger partial charge in [-0.3, -0.25) is 0 Å². The van der Waals surface area contributed by atoms with Gasteiger partial charge in [-0.05, 0) is 44.6 Å². The minimum atomic E-state index is -2.68. The number of alkyl halides is 2. The van der Waals surface area contributed by atoms with Crippen molar-refractivity contribution in [1.82, 2.24) is 4.98 Å². The highest BCUT2D eigenvalue weighted by atomic mass is 127. The van der Waals surface area contributed by atoms with Crippen LogP contribution in [0.5, 0.6) is 5.75 Å². The van der Waals surface area contributed by atoms with Crippen LogP contribution < -0.4 is 0 Å². The number of halogens is 4. The first kappa shape index (κ1) is 10.1. The lowest BCUT2D eigenvalue weighted by atomic mass is 10.2. The van der Waals surface area contributed by atoms with Gasteiger partial charge < -0.3 is 5.11 Å². The molecule has 1 N–H and O–H groups in total. The molecular formula is C6H3BrF2INO. The van der Waals surface area contributed by atoms with E-state index in [9.17, 15) is 8.78 Å². The van der Waals surface area contributed by atoms with Crippen molar-refractivity contribution in [2.45, 2.75) is 6.43 Å². The molecule has 0 aliphatic rings. The van der Waals surface area contributed by atoms with Crippen LogP contribution in [0.25, 0.3) is 0 Å². The van der Waals surface area contributed by atoms with E-state index >= 15 is 0 Å². The second kappa shape index (κ2) is 3.82. The predicted octanol–water partition coefficient (Wildman–Crippen LogP) is 3.09. The van der Waals surface area contributed by atoms with Crippen molar-refractivity contribution in [1.29, 1.82) is 0 Å². The van der Waals surface area contributed by atoms with Crippen LogP contribution in [0.2, 0.25) is 0 Å². The quantitative estimate of drug-likeness (QED) is 0.624. The molecule has 1 rings (SSSR count). The number of nitrogens with zero attached hydrogens (tertiary/aromatic N) is 1. The zero-order valence-corrected chi connectivity index (χ0v) is 9.30. The largest absolute Gasteiger partial charge is 0.505 e. The molecule has 1 heterocycles. The molecule has 0 aromatic carbocycles. The van der Waals surface area contributed by atoms with E-state index in [0.29, 0.717) is 3.70 Å². The Morgan fingerprint density at radius 2 is 2.17 bits per heavy atom. The van der Waals surface area contributed by atoms with Crippen molar-refractivity contribution in [2.75, 3.05) is 0 Å². The van der Waals surface area contributed by atoms with Crippen LogP contribution in [-0.4, -0.2) is 10.1 Å². The first-order valence-corrected chi connectivity index (χ1v) is 4.72. The van der Waals surface area contributed by atoms with Crippen LogP contribution in [0, 0.1) is 3.70 Å². The molecule has 1 aromatic heterocycles. The maximum Gasteiger partial charge on any atom is 0.267 e. The van der Waals surface area contributed by atoms with Crippen LogP contribution in [-0.2, 0) is 0 Å². The molecule has 0 saturated carbocycles. The number of pyridine rings is 1. The number of rotatable bonds is 1. The van der Waals surface area contributed by atoms with Crippen molar-refractivity contribution in [3.8, 4) is 5.75 Å². The summed E-state index contributed by atoms with van der Waals surface area (Å²) in [6.07, 6.45) is -2.68. The molecule has 66 valence electrons. The second-order valence-electron chi connectivity index (χ2n) is 1.97. The normalized spacial score (nSPS) is 10.8. The summed E-state index contributed by atoms with van der Waals surface area (Å²) in [6.45, 7) is 0. The molecular weight excluding hydrogens is 347 g/mol. The first-order chi connectivity index (χ1) is 5.52. The van der Waals surface area contributed by atoms with Crippen molar-refractivity contribution in [3.63, 3.8) is 0 Å². The molecule has 6 heteroatoms. The lowest BCUT2D eigenvalue weighted by Gasteiger charge is -2.04. The van der Waals surface area contributed by atoms with Gasteiger partial charge in [0.15, 0.2) is 5.75 Å². The van der Waals surface area contributed by atoms with Gasteiger partial charge in [0.1, 0.15) is 8.30 Å². The Labute approximate surface area is 89.3 Å². The van der Waals surface area contributed by atoms with Gasteiger partial charge in [-0.1, -0.05) is 0 Å². The first-order valence-electron chi connectivity index (χ1n) is 2.85. The van der Waals surface area contributed by atoms with Crippen LogP contribution >= 0.6 is 38.5 Å². The van der Waals surface area contributed by atoms with Gasteiger partial charge in [0, 0.05) is 0 Å². The van der Waals surface area contributed by atoms with E-state index in [-0.39, 0.29) is 4.60 Å². The highest BCUT2D eigenvalue weighted by molar-refractivity contribution is 14.1. The minimum Gasteiger partial charge on any atom is -0.505 e. The van der Waals surface area contributed by atoms with Crippen LogP contribution in [0.1, 0.15) is 12.0 Å². The Hall–Kier alpha value is 0.0200. The molecule has 0 fully saturated rings. The molecule has 0 bridgehead atoms. The SMILES string of the molecule is Oc1c(C(F)F)cc(I)nc1Br. The van der Waals surface area contributed by atoms with E-state index in [0.717, 1.165) is 6.07 Å². The van der Waals surface area contributed by atoms with Gasteiger partial charge in [-0.2, -0.15) is 0 Å². The number of aromatic nitrogens is 1. The molecule has 0 aliphatic heterocycles. The van der Waals surface area contributed by atoms with Gasteiger partial charge in [-0.25, -0.2) is 13.8 Å². The fourth-order valence-corrected chi connectivity index (χ4v) is 1.99. The maximum atomic E-state index is 12.2. The van der Waals surface area contributed by atoms with Crippen LogP contribution in [0.15, 0.2) is 10.7 Å². The summed E-state index contributed by atoms with van der Waals surface area (Å²) >= 11 is 4.66. The minimum absolute atomic E-state index is 0.0460. The third-order valence-electron chi connectivity index (χ3n) is 1.18. The summed E-state index contributed by atoms with van der Waals surface area (Å²) in [5.41, 5.74) is -0.402. The average molecular weight is 350 g/mol. The summed E-state index contributed by atoms with van der Waals surface area (Å²) in [5, 5.41) is 9.10. The topological polar surface area (TPSA) is 33.1 Å². The molecule has 0 unspecified atom stereocenters. The predicted molar refractivity (Wildman–Crippen MR) is 51.3 cm³/mol. The monoisotopic (exact) mass is 349 g/mol. The third kappa shape index (κ3) is 2.03. The van der Waals surface area contributed by atoms with Crippen molar-refractivity contribution in [3.05, 3.63) is 19.9 Å². The summed E-state index contributed by atoms with van der Waals surface area (Å²) in [5.74, 6) is -0.495. The summed E-state index contributed by atoms with van der Waals surface area (Å²) in [6, 6.07) is 1.14. The highest BCUT2D eigenvalue weighted by Gasteiger charge is 2.16. The maximum absolute atomic E-state index is 12.2. The van der Waals surface area contributed by atoms with Crippen LogP contribution in [0.3, 0.4) is 0 Å². The molecule has 12 heavy (non-hydrogen) atoms. The fraction of sp³-hybridized carbons (Fsp3) is 0.167. The third-order valence-corrected chi connectivity index (χ3v) is 2.29. The molecule has 0 atom stereocenters. The van der Waals surface area contributed by atoms with Gasteiger partial charge >= 0.3 is 0 Å². The molecule has 0 spiro atoms. The number of aromatic hydroxyl groups is 1. The van der Waals surface area contributed by atoms with Gasteiger partial charge in [0.2, 0.25) is 0 Å². The highest BCUT2D eigenvalue weighted by Crippen LogP contribution is 2.33. The summed E-state index contributed by atoms with van der Waals surface area (Å²) in [4.78, 5) is 3.74. The average Bonchev–Trinajstić information content (AvgIpc) is 1.96. The van der Waals surface area contributed by atoms with Gasteiger partial charge in [-0.15, -0.1) is 0 Å². The van der Waals surface area contributed by atoms with Crippen molar-refractivity contribution in [2.24, 2.45) is 0 Å². The Kier molecular flexibility index (Phi) is 3.22. The summed E-state index contributed by atoms with van der Waals surface area (Å²) in [7, 11) is 0. The molecule has 0 aliphatic carbocycles. The van der Waals surface area contributed by atoms with E-state index in [1.807, 2.05) is 0 Å². The zero-order chi connectivity index (χ0) is 9.30. The lowest BCUT2D eigenvalue weighted by molar-refractivity contribution is 0.147. The van der Waals surface area contributed by atoms with E-state index in [1.165, 1.54) is 0 Å². The van der Waals surface area contributed by atoms with Crippen molar-refractivity contribution < 1.29 is 13.9 Å². The molecule has 1 aromatic rings. The van der Waals surface area contributed by atoms with E-state index in [1.54, 1.807) is 22.6 Å². The number of hydrogen-bond donors (Lipinski definition) is 1. The summed E-state index contributed by atoms with van der Waals surface area (Å²) < 4.78 is 24.8. The molecule has 0 amide bonds. The smallest absolute Gasteiger partial charge is 0.267 e. The Morgan fingerprint density at radius 1 is 1.58 bits per heavy atom. The van der Waals surface area contributed by atoms with Gasteiger partial charge in [0.25, 0.3) is 6.43 Å². The Balaban J connectivity index is 3.28. The van der Waals surface area contributed by atoms with E-state index in [2.05, 4.69) is 20.9 Å². The zero-order valence-electron chi connectivity index (χ0n) is 5.56. The van der Waals surface area contributed by atoms with E-state index in [4.69, 9.17) is 5.11 Å². The Bertz CT molecular complexity index is 308. The van der Waals surface area contributed by atoms with Crippen LogP contribution in [0.4, 0.5) is 8.78 Å². The molecule has 0 radical (unpaired) electrons. The lowest BCUT2D eigenvalue weighted by Crippen LogP contribution is -1.91. The molecule has 0 saturated heterocycles. The van der Waals surface area contributed by atoms with Crippen molar-refractivity contribution >= 4 is 38.5 Å². The molecule has 2 nitrogen and oxygen atoms in total. The van der Waals surface area contributed by atoms with Gasteiger partial charge in [0.05, 0.1) is 5.56 Å². The van der Waals surface area contributed by atoms with E-state index < -0.39 is 17.7 Å². The second-order valence-corrected chi connectivity index (χ2v) is 3.83. The number of hydrogen-bond acceptors (Lipinski definition) is 2. The fourth-order valence-electron chi connectivity index (χ4n) is 0.661.